The third kappa shape index (κ3) is 6.08. The molecule has 2 fully saturated rings. The summed E-state index contributed by atoms with van der Waals surface area (Å²) in [6.07, 6.45) is 2.86. The van der Waals surface area contributed by atoms with Crippen molar-refractivity contribution in [3.05, 3.63) is 35.4 Å². The van der Waals surface area contributed by atoms with E-state index in [1.54, 1.807) is 0 Å². The third-order valence-corrected chi connectivity index (χ3v) is 5.77. The van der Waals surface area contributed by atoms with Crippen LogP contribution in [0.4, 0.5) is 0 Å². The maximum Gasteiger partial charge on any atom is 0.220 e. The van der Waals surface area contributed by atoms with E-state index in [0.29, 0.717) is 18.9 Å². The molecule has 2 N–H and O–H groups in total. The van der Waals surface area contributed by atoms with E-state index >= 15 is 0 Å². The Kier molecular flexibility index (Phi) is 7.47. The number of hydrogen-bond donors (Lipinski definition) is 2. The number of nitrogens with one attached hydrogen (secondary N) is 2. The Labute approximate surface area is 158 Å². The van der Waals surface area contributed by atoms with Crippen LogP contribution < -0.4 is 10.6 Å². The van der Waals surface area contributed by atoms with Gasteiger partial charge in [0.25, 0.3) is 0 Å². The first kappa shape index (κ1) is 19.3. The van der Waals surface area contributed by atoms with Gasteiger partial charge in [-0.15, -0.1) is 0 Å². The summed E-state index contributed by atoms with van der Waals surface area (Å²) < 4.78 is 0. The minimum atomic E-state index is 0.176. The Bertz CT molecular complexity index is 546. The Morgan fingerprint density at radius 2 is 1.81 bits per heavy atom. The number of benzene rings is 1. The summed E-state index contributed by atoms with van der Waals surface area (Å²) >= 11 is 0. The molecule has 1 atom stereocenters. The molecule has 5 heteroatoms. The highest BCUT2D eigenvalue weighted by Crippen LogP contribution is 2.14. The summed E-state index contributed by atoms with van der Waals surface area (Å²) in [6, 6.07) is 8.72. The van der Waals surface area contributed by atoms with Crippen molar-refractivity contribution in [2.75, 3.05) is 45.8 Å². The van der Waals surface area contributed by atoms with Gasteiger partial charge in [-0.25, -0.2) is 0 Å². The smallest absolute Gasteiger partial charge is 0.220 e. The topological polar surface area (TPSA) is 47.6 Å². The number of piperazine rings is 1. The summed E-state index contributed by atoms with van der Waals surface area (Å²) in [5.41, 5.74) is 2.54. The van der Waals surface area contributed by atoms with E-state index in [9.17, 15) is 4.79 Å². The predicted molar refractivity (Wildman–Crippen MR) is 106 cm³/mol. The van der Waals surface area contributed by atoms with E-state index in [-0.39, 0.29) is 5.91 Å². The maximum absolute atomic E-state index is 12.0. The lowest BCUT2D eigenvalue weighted by atomic mass is 10.0. The molecular weight excluding hydrogens is 324 g/mol. The SMILES string of the molecule is CCN1CCN(Cc2ccc(CNC(=O)CCC3CCNC3)cc2)CC1. The standard InChI is InChI=1S/C21H34N4O/c1-2-24-11-13-25(14-12-24)17-20-5-3-18(4-6-20)16-23-21(26)8-7-19-9-10-22-15-19/h3-6,19,22H,2,7-17H2,1H3,(H,23,26). The number of hydrogen-bond acceptors (Lipinski definition) is 4. The quantitative estimate of drug-likeness (QED) is 0.744. The second-order valence-corrected chi connectivity index (χ2v) is 7.70. The van der Waals surface area contributed by atoms with E-state index in [2.05, 4.69) is 51.6 Å². The number of carbonyl (C=O) groups excluding carboxylic acids is 1. The molecule has 3 rings (SSSR count). The van der Waals surface area contributed by atoms with Crippen molar-refractivity contribution >= 4 is 5.91 Å². The van der Waals surface area contributed by atoms with Crippen molar-refractivity contribution in [2.24, 2.45) is 5.92 Å². The molecule has 0 aliphatic carbocycles. The average Bonchev–Trinajstić information content (AvgIpc) is 3.20. The minimum absolute atomic E-state index is 0.176. The van der Waals surface area contributed by atoms with Gasteiger partial charge in [-0.2, -0.15) is 0 Å². The van der Waals surface area contributed by atoms with E-state index in [0.717, 1.165) is 45.7 Å². The molecular formula is C21H34N4O. The normalized spacial score (nSPS) is 21.8. The molecule has 0 saturated carbocycles. The van der Waals surface area contributed by atoms with Crippen LogP contribution in [0, 0.1) is 5.92 Å². The van der Waals surface area contributed by atoms with Crippen LogP contribution in [-0.2, 0) is 17.9 Å². The minimum Gasteiger partial charge on any atom is -0.352 e. The van der Waals surface area contributed by atoms with Gasteiger partial charge in [0, 0.05) is 45.7 Å². The van der Waals surface area contributed by atoms with Crippen molar-refractivity contribution in [2.45, 2.75) is 39.3 Å². The molecule has 0 bridgehead atoms. The fourth-order valence-electron chi connectivity index (χ4n) is 3.87. The average molecular weight is 359 g/mol. The molecule has 0 spiro atoms. The van der Waals surface area contributed by atoms with Gasteiger partial charge < -0.3 is 15.5 Å². The molecule has 5 nitrogen and oxygen atoms in total. The van der Waals surface area contributed by atoms with Crippen LogP contribution in [0.1, 0.15) is 37.3 Å². The maximum atomic E-state index is 12.0. The Hall–Kier alpha value is -1.43. The van der Waals surface area contributed by atoms with Crippen molar-refractivity contribution in [1.82, 2.24) is 20.4 Å². The van der Waals surface area contributed by atoms with Crippen molar-refractivity contribution < 1.29 is 4.79 Å². The lowest BCUT2D eigenvalue weighted by molar-refractivity contribution is -0.121. The van der Waals surface area contributed by atoms with Crippen molar-refractivity contribution in [3.63, 3.8) is 0 Å². The van der Waals surface area contributed by atoms with Gasteiger partial charge in [-0.05, 0) is 49.5 Å². The Morgan fingerprint density at radius 3 is 2.46 bits per heavy atom. The Balaban J connectivity index is 1.35. The zero-order valence-electron chi connectivity index (χ0n) is 16.2. The largest absolute Gasteiger partial charge is 0.352 e. The molecule has 2 heterocycles. The van der Waals surface area contributed by atoms with E-state index < -0.39 is 0 Å². The van der Waals surface area contributed by atoms with Gasteiger partial charge in [0.05, 0.1) is 0 Å². The van der Waals surface area contributed by atoms with Gasteiger partial charge in [-0.3, -0.25) is 9.69 Å². The summed E-state index contributed by atoms with van der Waals surface area (Å²) in [4.78, 5) is 17.0. The second kappa shape index (κ2) is 10.0. The van der Waals surface area contributed by atoms with E-state index in [1.807, 2.05) is 0 Å². The zero-order chi connectivity index (χ0) is 18.2. The second-order valence-electron chi connectivity index (χ2n) is 7.70. The van der Waals surface area contributed by atoms with Gasteiger partial charge in [0.15, 0.2) is 0 Å². The lowest BCUT2D eigenvalue weighted by Crippen LogP contribution is -2.45. The van der Waals surface area contributed by atoms with Crippen LogP contribution in [0.5, 0.6) is 0 Å². The molecule has 2 aliphatic rings. The highest BCUT2D eigenvalue weighted by atomic mass is 16.1. The highest BCUT2D eigenvalue weighted by molar-refractivity contribution is 5.75. The van der Waals surface area contributed by atoms with Crippen LogP contribution >= 0.6 is 0 Å². The predicted octanol–water partition coefficient (Wildman–Crippen LogP) is 1.83. The van der Waals surface area contributed by atoms with Crippen LogP contribution in [0.25, 0.3) is 0 Å². The molecule has 0 aromatic heterocycles. The fourth-order valence-corrected chi connectivity index (χ4v) is 3.87. The van der Waals surface area contributed by atoms with Crippen molar-refractivity contribution in [3.8, 4) is 0 Å². The first-order valence-electron chi connectivity index (χ1n) is 10.2. The number of carbonyl (C=O) groups is 1. The highest BCUT2D eigenvalue weighted by Gasteiger charge is 2.16. The van der Waals surface area contributed by atoms with Crippen LogP contribution in [-0.4, -0.2) is 61.5 Å². The number of rotatable bonds is 8. The number of likely N-dealkylation sites (N-methyl/N-ethyl adjacent to an activating group) is 1. The summed E-state index contributed by atoms with van der Waals surface area (Å²) in [5.74, 6) is 0.856. The van der Waals surface area contributed by atoms with E-state index in [4.69, 9.17) is 0 Å². The molecule has 2 saturated heterocycles. The lowest BCUT2D eigenvalue weighted by Gasteiger charge is -2.34. The van der Waals surface area contributed by atoms with Gasteiger partial charge >= 0.3 is 0 Å². The molecule has 1 aromatic rings. The van der Waals surface area contributed by atoms with Crippen LogP contribution in [0.3, 0.4) is 0 Å². The third-order valence-electron chi connectivity index (χ3n) is 5.77. The van der Waals surface area contributed by atoms with Crippen molar-refractivity contribution in [1.29, 1.82) is 0 Å². The molecule has 1 unspecified atom stereocenters. The first-order chi connectivity index (χ1) is 12.7. The molecule has 144 valence electrons. The fraction of sp³-hybridized carbons (Fsp3) is 0.667. The molecule has 26 heavy (non-hydrogen) atoms. The van der Waals surface area contributed by atoms with Gasteiger partial charge in [0.1, 0.15) is 0 Å². The molecule has 0 radical (unpaired) electrons. The van der Waals surface area contributed by atoms with E-state index in [1.165, 1.54) is 30.6 Å². The van der Waals surface area contributed by atoms with Crippen LogP contribution in [0.2, 0.25) is 0 Å². The van der Waals surface area contributed by atoms with Crippen LogP contribution in [0.15, 0.2) is 24.3 Å². The zero-order valence-corrected chi connectivity index (χ0v) is 16.2. The number of nitrogens with zero attached hydrogens (tertiary/aromatic N) is 2. The molecule has 2 aliphatic heterocycles. The molecule has 1 amide bonds. The summed E-state index contributed by atoms with van der Waals surface area (Å²) in [7, 11) is 0. The summed E-state index contributed by atoms with van der Waals surface area (Å²) in [5, 5.41) is 6.42. The first-order valence-corrected chi connectivity index (χ1v) is 10.2. The monoisotopic (exact) mass is 358 g/mol. The Morgan fingerprint density at radius 1 is 1.12 bits per heavy atom. The molecule has 1 aromatic carbocycles. The van der Waals surface area contributed by atoms with Gasteiger partial charge in [0.2, 0.25) is 5.91 Å². The summed E-state index contributed by atoms with van der Waals surface area (Å²) in [6.45, 7) is 11.9. The van der Waals surface area contributed by atoms with Gasteiger partial charge in [-0.1, -0.05) is 31.2 Å². The number of amides is 1.